The molecule has 2 aromatic carbocycles. The summed E-state index contributed by atoms with van der Waals surface area (Å²) in [4.78, 5) is 12.6. The summed E-state index contributed by atoms with van der Waals surface area (Å²) >= 11 is 0. The Bertz CT molecular complexity index is 996. The third-order valence-corrected chi connectivity index (χ3v) is 4.39. The third-order valence-electron chi connectivity index (χ3n) is 4.39. The summed E-state index contributed by atoms with van der Waals surface area (Å²) in [5.74, 6) is -2.34. The predicted molar refractivity (Wildman–Crippen MR) is 89.9 cm³/mol. The van der Waals surface area contributed by atoms with Crippen molar-refractivity contribution in [1.29, 1.82) is 0 Å². The Morgan fingerprint density at radius 1 is 1.00 bits per heavy atom. The Morgan fingerprint density at radius 3 is 2.50 bits per heavy atom. The Balaban J connectivity index is 1.71. The SMILES string of the molecule is O=C(Nc1cc(F)ccc1F)c1nn(-c2ccc(F)cc2)c2c1CCC2. The highest BCUT2D eigenvalue weighted by Crippen LogP contribution is 2.28. The van der Waals surface area contributed by atoms with Crippen molar-refractivity contribution in [2.45, 2.75) is 19.3 Å². The molecule has 3 aromatic rings. The first kappa shape index (κ1) is 16.4. The highest BCUT2D eigenvalue weighted by Gasteiger charge is 2.27. The second kappa shape index (κ2) is 6.33. The largest absolute Gasteiger partial charge is 0.318 e. The zero-order chi connectivity index (χ0) is 18.3. The van der Waals surface area contributed by atoms with Gasteiger partial charge in [-0.1, -0.05) is 0 Å². The van der Waals surface area contributed by atoms with Crippen molar-refractivity contribution >= 4 is 11.6 Å². The van der Waals surface area contributed by atoms with Crippen LogP contribution in [0.3, 0.4) is 0 Å². The average molecular weight is 357 g/mol. The first-order chi connectivity index (χ1) is 12.5. The molecule has 4 nitrogen and oxygen atoms in total. The van der Waals surface area contributed by atoms with Crippen molar-refractivity contribution in [3.8, 4) is 5.69 Å². The minimum atomic E-state index is -0.727. The van der Waals surface area contributed by atoms with Gasteiger partial charge in [-0.2, -0.15) is 5.10 Å². The number of halogens is 3. The van der Waals surface area contributed by atoms with Gasteiger partial charge in [0.1, 0.15) is 17.5 Å². The molecule has 0 spiro atoms. The molecule has 4 rings (SSSR count). The first-order valence-corrected chi connectivity index (χ1v) is 8.16. The van der Waals surface area contributed by atoms with Crippen molar-refractivity contribution in [2.75, 3.05) is 5.32 Å². The molecule has 26 heavy (non-hydrogen) atoms. The molecule has 0 radical (unpaired) electrons. The molecule has 0 bridgehead atoms. The van der Waals surface area contributed by atoms with Crippen LogP contribution in [0.5, 0.6) is 0 Å². The summed E-state index contributed by atoms with van der Waals surface area (Å²) in [5.41, 5.74) is 2.23. The number of fused-ring (bicyclic) bond motifs is 1. The third kappa shape index (κ3) is 2.85. The van der Waals surface area contributed by atoms with Crippen molar-refractivity contribution in [1.82, 2.24) is 9.78 Å². The van der Waals surface area contributed by atoms with Crippen LogP contribution in [0, 0.1) is 17.5 Å². The molecule has 1 N–H and O–H groups in total. The van der Waals surface area contributed by atoms with Crippen LogP contribution in [0.2, 0.25) is 0 Å². The molecule has 0 saturated heterocycles. The highest BCUT2D eigenvalue weighted by molar-refractivity contribution is 6.04. The second-order valence-corrected chi connectivity index (χ2v) is 6.09. The lowest BCUT2D eigenvalue weighted by Crippen LogP contribution is -2.16. The van der Waals surface area contributed by atoms with Crippen LogP contribution in [-0.2, 0) is 12.8 Å². The van der Waals surface area contributed by atoms with Gasteiger partial charge in [-0.3, -0.25) is 4.79 Å². The summed E-state index contributed by atoms with van der Waals surface area (Å²) in [6, 6.07) is 8.65. The van der Waals surface area contributed by atoms with E-state index in [1.54, 1.807) is 16.8 Å². The first-order valence-electron chi connectivity index (χ1n) is 8.16. The lowest BCUT2D eigenvalue weighted by atomic mass is 10.2. The predicted octanol–water partition coefficient (Wildman–Crippen LogP) is 4.03. The van der Waals surface area contributed by atoms with Crippen LogP contribution in [0.1, 0.15) is 28.2 Å². The molecule has 0 fully saturated rings. The van der Waals surface area contributed by atoms with E-state index in [9.17, 15) is 18.0 Å². The van der Waals surface area contributed by atoms with Gasteiger partial charge in [0.25, 0.3) is 5.91 Å². The van der Waals surface area contributed by atoms with Gasteiger partial charge in [0, 0.05) is 17.3 Å². The monoisotopic (exact) mass is 357 g/mol. The summed E-state index contributed by atoms with van der Waals surface area (Å²) < 4.78 is 41.9. The number of rotatable bonds is 3. The lowest BCUT2D eigenvalue weighted by molar-refractivity contribution is 0.102. The number of anilines is 1. The molecule has 1 aliphatic rings. The van der Waals surface area contributed by atoms with Crippen LogP contribution >= 0.6 is 0 Å². The lowest BCUT2D eigenvalue weighted by Gasteiger charge is -2.06. The van der Waals surface area contributed by atoms with Crippen LogP contribution in [0.4, 0.5) is 18.9 Å². The Hall–Kier alpha value is -3.09. The van der Waals surface area contributed by atoms with Crippen molar-refractivity contribution in [3.63, 3.8) is 0 Å². The molecule has 0 unspecified atom stereocenters. The van der Waals surface area contributed by atoms with Gasteiger partial charge in [0.2, 0.25) is 0 Å². The minimum Gasteiger partial charge on any atom is -0.318 e. The van der Waals surface area contributed by atoms with Gasteiger partial charge in [-0.05, 0) is 55.7 Å². The van der Waals surface area contributed by atoms with Gasteiger partial charge < -0.3 is 5.32 Å². The average Bonchev–Trinajstić information content (AvgIpc) is 3.21. The van der Waals surface area contributed by atoms with Crippen LogP contribution in [0.15, 0.2) is 42.5 Å². The maximum absolute atomic E-state index is 13.8. The Morgan fingerprint density at radius 2 is 1.73 bits per heavy atom. The van der Waals surface area contributed by atoms with E-state index < -0.39 is 17.5 Å². The van der Waals surface area contributed by atoms with Crippen molar-refractivity contribution in [2.24, 2.45) is 0 Å². The number of nitrogens with zero attached hydrogens (tertiary/aromatic N) is 2. The summed E-state index contributed by atoms with van der Waals surface area (Å²) in [6.45, 7) is 0. The fourth-order valence-electron chi connectivity index (χ4n) is 3.19. The van der Waals surface area contributed by atoms with E-state index in [4.69, 9.17) is 0 Å². The standard InChI is InChI=1S/C19H14F3N3O/c20-11-4-7-13(8-5-11)25-17-3-1-2-14(17)18(24-25)19(26)23-16-10-12(21)6-9-15(16)22/h4-10H,1-3H2,(H,23,26). The molecule has 1 heterocycles. The molecule has 132 valence electrons. The van der Waals surface area contributed by atoms with E-state index >= 15 is 0 Å². The van der Waals surface area contributed by atoms with E-state index in [0.717, 1.165) is 42.3 Å². The van der Waals surface area contributed by atoms with Gasteiger partial charge in [-0.25, -0.2) is 17.9 Å². The normalized spacial score (nSPS) is 12.9. The zero-order valence-corrected chi connectivity index (χ0v) is 13.6. The number of hydrogen-bond donors (Lipinski definition) is 1. The second-order valence-electron chi connectivity index (χ2n) is 6.09. The summed E-state index contributed by atoms with van der Waals surface area (Å²) in [6.07, 6.45) is 2.27. The fraction of sp³-hybridized carbons (Fsp3) is 0.158. The molecular weight excluding hydrogens is 343 g/mol. The highest BCUT2D eigenvalue weighted by atomic mass is 19.1. The van der Waals surface area contributed by atoms with E-state index in [-0.39, 0.29) is 17.2 Å². The Kier molecular flexibility index (Phi) is 3.99. The zero-order valence-electron chi connectivity index (χ0n) is 13.6. The topological polar surface area (TPSA) is 46.9 Å². The maximum atomic E-state index is 13.8. The number of nitrogens with one attached hydrogen (secondary N) is 1. The minimum absolute atomic E-state index is 0.172. The van der Waals surface area contributed by atoms with Crippen LogP contribution in [-0.4, -0.2) is 15.7 Å². The smallest absolute Gasteiger partial charge is 0.276 e. The van der Waals surface area contributed by atoms with E-state index in [1.165, 1.54) is 12.1 Å². The molecule has 1 aliphatic carbocycles. The molecule has 1 aromatic heterocycles. The fourth-order valence-corrected chi connectivity index (χ4v) is 3.19. The number of benzene rings is 2. The number of hydrogen-bond acceptors (Lipinski definition) is 2. The van der Waals surface area contributed by atoms with Gasteiger partial charge in [-0.15, -0.1) is 0 Å². The van der Waals surface area contributed by atoms with Crippen LogP contribution in [0.25, 0.3) is 5.69 Å². The van der Waals surface area contributed by atoms with E-state index in [0.29, 0.717) is 12.1 Å². The van der Waals surface area contributed by atoms with Gasteiger partial charge >= 0.3 is 0 Å². The van der Waals surface area contributed by atoms with E-state index in [1.807, 2.05) is 0 Å². The van der Waals surface area contributed by atoms with Gasteiger partial charge in [0.15, 0.2) is 5.69 Å². The van der Waals surface area contributed by atoms with E-state index in [2.05, 4.69) is 10.4 Å². The Labute approximate surface area is 147 Å². The number of carbonyl (C=O) groups is 1. The quantitative estimate of drug-likeness (QED) is 0.769. The molecule has 1 amide bonds. The number of carbonyl (C=O) groups excluding carboxylic acids is 1. The molecule has 0 saturated carbocycles. The van der Waals surface area contributed by atoms with Crippen molar-refractivity contribution in [3.05, 3.63) is 76.9 Å². The van der Waals surface area contributed by atoms with Crippen molar-refractivity contribution < 1.29 is 18.0 Å². The molecule has 7 heteroatoms. The summed E-state index contributed by atoms with van der Waals surface area (Å²) in [7, 11) is 0. The molecule has 0 atom stereocenters. The maximum Gasteiger partial charge on any atom is 0.276 e. The van der Waals surface area contributed by atoms with Gasteiger partial charge in [0.05, 0.1) is 11.4 Å². The van der Waals surface area contributed by atoms with Crippen LogP contribution < -0.4 is 5.32 Å². The molecule has 0 aliphatic heterocycles. The summed E-state index contributed by atoms with van der Waals surface area (Å²) in [5, 5.41) is 6.73. The number of amides is 1. The number of aromatic nitrogens is 2. The molecular formula is C19H14F3N3O.